The lowest BCUT2D eigenvalue weighted by atomic mass is 10.0. The molecule has 0 unspecified atom stereocenters. The van der Waals surface area contributed by atoms with Gasteiger partial charge in [0.05, 0.1) is 7.11 Å². The predicted molar refractivity (Wildman–Crippen MR) is 71.8 cm³/mol. The van der Waals surface area contributed by atoms with Gasteiger partial charge in [-0.05, 0) is 41.8 Å². The summed E-state index contributed by atoms with van der Waals surface area (Å²) < 4.78 is 5.14. The molecule has 2 aromatic carbocycles. The quantitative estimate of drug-likeness (QED) is 0.865. The second-order valence-electron chi connectivity index (χ2n) is 3.97. The van der Waals surface area contributed by atoms with E-state index in [0.717, 1.165) is 17.9 Å². The zero-order chi connectivity index (χ0) is 12.1. The number of rotatable bonds is 4. The molecule has 0 heterocycles. The van der Waals surface area contributed by atoms with Gasteiger partial charge in [-0.1, -0.05) is 24.3 Å². The zero-order valence-electron chi connectivity index (χ0n) is 10.2. The minimum absolute atomic E-state index is 0.902. The molecule has 1 N–H and O–H groups in total. The maximum Gasteiger partial charge on any atom is 0.118 e. The Labute approximate surface area is 102 Å². The highest BCUT2D eigenvalue weighted by Gasteiger charge is 1.97. The van der Waals surface area contributed by atoms with Crippen LogP contribution in [0.3, 0.4) is 0 Å². The SMILES string of the molecule is CNc1ccc(Cc2ccc(OC)cc2)cc1. The first kappa shape index (κ1) is 11.5. The molecule has 2 aromatic rings. The Kier molecular flexibility index (Phi) is 3.66. The number of benzene rings is 2. The Hall–Kier alpha value is -1.96. The number of hydrogen-bond acceptors (Lipinski definition) is 2. The van der Waals surface area contributed by atoms with E-state index in [1.165, 1.54) is 11.1 Å². The first-order chi connectivity index (χ1) is 8.31. The van der Waals surface area contributed by atoms with Crippen molar-refractivity contribution in [2.24, 2.45) is 0 Å². The van der Waals surface area contributed by atoms with Gasteiger partial charge in [0.1, 0.15) is 5.75 Å². The summed E-state index contributed by atoms with van der Waals surface area (Å²) in [6.45, 7) is 0. The summed E-state index contributed by atoms with van der Waals surface area (Å²) in [7, 11) is 3.62. The fourth-order valence-corrected chi connectivity index (χ4v) is 1.77. The van der Waals surface area contributed by atoms with Gasteiger partial charge < -0.3 is 10.1 Å². The van der Waals surface area contributed by atoms with Crippen LogP contribution < -0.4 is 10.1 Å². The summed E-state index contributed by atoms with van der Waals surface area (Å²) >= 11 is 0. The second-order valence-corrected chi connectivity index (χ2v) is 3.97. The van der Waals surface area contributed by atoms with Gasteiger partial charge in [-0.2, -0.15) is 0 Å². The molecule has 0 aliphatic carbocycles. The fourth-order valence-electron chi connectivity index (χ4n) is 1.77. The topological polar surface area (TPSA) is 21.3 Å². The molecule has 2 nitrogen and oxygen atoms in total. The average Bonchev–Trinajstić information content (AvgIpc) is 2.40. The first-order valence-electron chi connectivity index (χ1n) is 5.71. The van der Waals surface area contributed by atoms with E-state index in [0.29, 0.717) is 0 Å². The van der Waals surface area contributed by atoms with Crippen LogP contribution in [-0.4, -0.2) is 14.2 Å². The average molecular weight is 227 g/mol. The lowest BCUT2D eigenvalue weighted by Crippen LogP contribution is -1.91. The van der Waals surface area contributed by atoms with Gasteiger partial charge in [0.2, 0.25) is 0 Å². The van der Waals surface area contributed by atoms with Crippen LogP contribution in [0.2, 0.25) is 0 Å². The molecule has 0 bridgehead atoms. The maximum atomic E-state index is 5.14. The summed E-state index contributed by atoms with van der Waals surface area (Å²) in [5.41, 5.74) is 3.75. The van der Waals surface area contributed by atoms with E-state index in [4.69, 9.17) is 4.74 Å². The van der Waals surface area contributed by atoms with Gasteiger partial charge in [-0.3, -0.25) is 0 Å². The van der Waals surface area contributed by atoms with Crippen LogP contribution in [-0.2, 0) is 6.42 Å². The van der Waals surface area contributed by atoms with Gasteiger partial charge in [0, 0.05) is 12.7 Å². The minimum Gasteiger partial charge on any atom is -0.497 e. The van der Waals surface area contributed by atoms with Crippen LogP contribution in [0.15, 0.2) is 48.5 Å². The van der Waals surface area contributed by atoms with Crippen molar-refractivity contribution in [1.29, 1.82) is 0 Å². The number of nitrogens with one attached hydrogen (secondary N) is 1. The molecule has 0 aromatic heterocycles. The van der Waals surface area contributed by atoms with Crippen molar-refractivity contribution in [2.75, 3.05) is 19.5 Å². The molecule has 88 valence electrons. The van der Waals surface area contributed by atoms with Gasteiger partial charge >= 0.3 is 0 Å². The van der Waals surface area contributed by atoms with Crippen LogP contribution in [0, 0.1) is 0 Å². The van der Waals surface area contributed by atoms with Crippen LogP contribution in [0.1, 0.15) is 11.1 Å². The molecule has 0 fully saturated rings. The molecule has 0 atom stereocenters. The summed E-state index contributed by atoms with van der Waals surface area (Å²) in [4.78, 5) is 0. The van der Waals surface area contributed by atoms with Crippen LogP contribution >= 0.6 is 0 Å². The molecule has 0 spiro atoms. The van der Waals surface area contributed by atoms with E-state index in [2.05, 4.69) is 41.7 Å². The number of ether oxygens (including phenoxy) is 1. The minimum atomic E-state index is 0.902. The smallest absolute Gasteiger partial charge is 0.118 e. The van der Waals surface area contributed by atoms with Crippen molar-refractivity contribution in [1.82, 2.24) is 0 Å². The van der Waals surface area contributed by atoms with Crippen molar-refractivity contribution < 1.29 is 4.74 Å². The van der Waals surface area contributed by atoms with Crippen molar-refractivity contribution in [3.63, 3.8) is 0 Å². The Bertz CT molecular complexity index is 414. The summed E-state index contributed by atoms with van der Waals surface area (Å²) in [6, 6.07) is 16.7. The van der Waals surface area contributed by atoms with Crippen molar-refractivity contribution >= 4 is 5.69 Å². The van der Waals surface area contributed by atoms with Gasteiger partial charge in [-0.25, -0.2) is 0 Å². The highest BCUT2D eigenvalue weighted by molar-refractivity contribution is 5.44. The lowest BCUT2D eigenvalue weighted by Gasteiger charge is -2.05. The van der Waals surface area contributed by atoms with Crippen LogP contribution in [0.4, 0.5) is 5.69 Å². The Morgan fingerprint density at radius 1 is 0.882 bits per heavy atom. The molecule has 0 saturated heterocycles. The third kappa shape index (κ3) is 3.00. The van der Waals surface area contributed by atoms with Crippen molar-refractivity contribution in [2.45, 2.75) is 6.42 Å². The van der Waals surface area contributed by atoms with E-state index in [-0.39, 0.29) is 0 Å². The predicted octanol–water partition coefficient (Wildman–Crippen LogP) is 3.33. The largest absolute Gasteiger partial charge is 0.497 e. The number of hydrogen-bond donors (Lipinski definition) is 1. The monoisotopic (exact) mass is 227 g/mol. The van der Waals surface area contributed by atoms with Crippen LogP contribution in [0.5, 0.6) is 5.75 Å². The first-order valence-corrected chi connectivity index (χ1v) is 5.71. The standard InChI is InChI=1S/C15H17NO/c1-16-14-7-3-12(4-8-14)11-13-5-9-15(17-2)10-6-13/h3-10,16H,11H2,1-2H3. The van der Waals surface area contributed by atoms with Gasteiger partial charge in [-0.15, -0.1) is 0 Å². The molecule has 0 radical (unpaired) electrons. The van der Waals surface area contributed by atoms with Crippen molar-refractivity contribution in [3.05, 3.63) is 59.7 Å². The van der Waals surface area contributed by atoms with Crippen LogP contribution in [0.25, 0.3) is 0 Å². The second kappa shape index (κ2) is 5.39. The van der Waals surface area contributed by atoms with E-state index < -0.39 is 0 Å². The fraction of sp³-hybridized carbons (Fsp3) is 0.200. The molecule has 17 heavy (non-hydrogen) atoms. The molecule has 0 saturated carbocycles. The van der Waals surface area contributed by atoms with E-state index in [1.54, 1.807) is 7.11 Å². The van der Waals surface area contributed by atoms with Gasteiger partial charge in [0.15, 0.2) is 0 Å². The number of methoxy groups -OCH3 is 1. The highest BCUT2D eigenvalue weighted by Crippen LogP contribution is 2.16. The van der Waals surface area contributed by atoms with Crippen molar-refractivity contribution in [3.8, 4) is 5.75 Å². The summed E-state index contributed by atoms with van der Waals surface area (Å²) in [5, 5.41) is 3.12. The number of anilines is 1. The van der Waals surface area contributed by atoms with E-state index in [9.17, 15) is 0 Å². The lowest BCUT2D eigenvalue weighted by molar-refractivity contribution is 0.414. The molecular weight excluding hydrogens is 210 g/mol. The Balaban J connectivity index is 2.08. The molecule has 0 aliphatic rings. The molecular formula is C15H17NO. The highest BCUT2D eigenvalue weighted by atomic mass is 16.5. The Morgan fingerprint density at radius 2 is 1.41 bits per heavy atom. The van der Waals surface area contributed by atoms with E-state index >= 15 is 0 Å². The molecule has 2 heteroatoms. The van der Waals surface area contributed by atoms with Gasteiger partial charge in [0.25, 0.3) is 0 Å². The molecule has 2 rings (SSSR count). The molecule has 0 amide bonds. The van der Waals surface area contributed by atoms with E-state index in [1.807, 2.05) is 19.2 Å². The third-order valence-corrected chi connectivity index (χ3v) is 2.81. The molecule has 0 aliphatic heterocycles. The third-order valence-electron chi connectivity index (χ3n) is 2.81. The zero-order valence-corrected chi connectivity index (χ0v) is 10.2. The summed E-state index contributed by atoms with van der Waals surface area (Å²) in [5.74, 6) is 0.902. The Morgan fingerprint density at radius 3 is 1.88 bits per heavy atom. The summed E-state index contributed by atoms with van der Waals surface area (Å²) in [6.07, 6.45) is 0.952. The maximum absolute atomic E-state index is 5.14. The normalized spacial score (nSPS) is 10.0.